The Labute approximate surface area is 136 Å². The molecule has 2 aromatic rings. The summed E-state index contributed by atoms with van der Waals surface area (Å²) < 4.78 is 20.3. The molecule has 0 bridgehead atoms. The van der Waals surface area contributed by atoms with Crippen molar-refractivity contribution in [1.82, 2.24) is 5.32 Å². The van der Waals surface area contributed by atoms with Crippen LogP contribution in [0.25, 0.3) is 0 Å². The van der Waals surface area contributed by atoms with Gasteiger partial charge in [0.15, 0.2) is 0 Å². The van der Waals surface area contributed by atoms with Gasteiger partial charge in [0, 0.05) is 18.4 Å². The molecule has 120 valence electrons. The van der Waals surface area contributed by atoms with Gasteiger partial charge < -0.3 is 10.1 Å². The van der Waals surface area contributed by atoms with Crippen LogP contribution in [0, 0.1) is 5.82 Å². The third kappa shape index (κ3) is 2.39. The van der Waals surface area contributed by atoms with Crippen LogP contribution >= 0.6 is 0 Å². The molecule has 0 saturated carbocycles. The zero-order chi connectivity index (χ0) is 16.0. The van der Waals surface area contributed by atoms with Crippen molar-refractivity contribution < 1.29 is 9.13 Å². The van der Waals surface area contributed by atoms with E-state index in [1.807, 2.05) is 13.1 Å². The summed E-state index contributed by atoms with van der Waals surface area (Å²) in [6, 6.07) is 13.8. The molecule has 2 nitrogen and oxygen atoms in total. The van der Waals surface area contributed by atoms with Crippen LogP contribution in [0.3, 0.4) is 0 Å². The first-order chi connectivity index (χ1) is 11.2. The summed E-state index contributed by atoms with van der Waals surface area (Å²) in [5, 5.41) is 3.20. The average Bonchev–Trinajstić information content (AvgIpc) is 2.95. The minimum atomic E-state index is -0.179. The lowest BCUT2D eigenvalue weighted by atomic mass is 9.86. The first-order valence-corrected chi connectivity index (χ1v) is 8.37. The monoisotopic (exact) mass is 311 g/mol. The molecular formula is C20H22FNO. The highest BCUT2D eigenvalue weighted by molar-refractivity contribution is 5.48. The number of likely N-dealkylation sites (N-methyl/N-ethyl adjacent to an activating group) is 1. The Morgan fingerprint density at radius 3 is 2.61 bits per heavy atom. The molecule has 1 aliphatic heterocycles. The molecule has 4 atom stereocenters. The van der Waals surface area contributed by atoms with Crippen molar-refractivity contribution in [3.63, 3.8) is 0 Å². The van der Waals surface area contributed by atoms with Crippen molar-refractivity contribution in [2.45, 2.75) is 37.4 Å². The zero-order valence-corrected chi connectivity index (χ0v) is 13.6. The molecule has 0 spiro atoms. The van der Waals surface area contributed by atoms with Crippen LogP contribution in [0.5, 0.6) is 0 Å². The van der Waals surface area contributed by atoms with Crippen molar-refractivity contribution in [3.8, 4) is 0 Å². The number of hydrogen-bond acceptors (Lipinski definition) is 2. The Morgan fingerprint density at radius 2 is 1.83 bits per heavy atom. The maximum atomic E-state index is 13.9. The summed E-state index contributed by atoms with van der Waals surface area (Å²) in [5.74, 6) is 0.384. The van der Waals surface area contributed by atoms with Gasteiger partial charge in [-0.05, 0) is 47.9 Å². The van der Waals surface area contributed by atoms with Crippen molar-refractivity contribution in [1.29, 1.82) is 0 Å². The number of hydrogen-bond donors (Lipinski definition) is 1. The summed E-state index contributed by atoms with van der Waals surface area (Å²) in [6.07, 6.45) is 1.10. The van der Waals surface area contributed by atoms with Gasteiger partial charge in [0.05, 0.1) is 12.2 Å². The van der Waals surface area contributed by atoms with Crippen LogP contribution in [-0.4, -0.2) is 19.7 Å². The smallest absolute Gasteiger partial charge is 0.123 e. The lowest BCUT2D eigenvalue weighted by Gasteiger charge is -2.20. The quantitative estimate of drug-likeness (QED) is 0.900. The van der Waals surface area contributed by atoms with Crippen LogP contribution in [-0.2, 0) is 4.74 Å². The van der Waals surface area contributed by atoms with E-state index in [9.17, 15) is 4.39 Å². The standard InChI is InChI=1S/C20H22FNO/c1-12-15-5-3-4-6-17(15)19-10-14(11-22-2)23-20(19)18-9-13(21)7-8-16(12)18/h3-9,12,14,19-20,22H,10-11H2,1-2H3/t12-,14-,19-,20-/m1/s1. The fraction of sp³-hybridized carbons (Fsp3) is 0.400. The molecule has 1 heterocycles. The summed E-state index contributed by atoms with van der Waals surface area (Å²) in [6.45, 7) is 3.04. The molecule has 0 radical (unpaired) electrons. The highest BCUT2D eigenvalue weighted by Gasteiger charge is 2.41. The van der Waals surface area contributed by atoms with Gasteiger partial charge in [-0.2, -0.15) is 0 Å². The summed E-state index contributed by atoms with van der Waals surface area (Å²) in [5.41, 5.74) is 4.93. The number of benzene rings is 2. The Kier molecular flexibility index (Phi) is 3.70. The van der Waals surface area contributed by atoms with Crippen molar-refractivity contribution in [3.05, 3.63) is 70.5 Å². The summed E-state index contributed by atoms with van der Waals surface area (Å²) in [7, 11) is 1.95. The second kappa shape index (κ2) is 5.73. The first-order valence-electron chi connectivity index (χ1n) is 8.37. The van der Waals surface area contributed by atoms with E-state index < -0.39 is 0 Å². The molecule has 0 amide bonds. The predicted octanol–water partition coefficient (Wildman–Crippen LogP) is 4.12. The van der Waals surface area contributed by atoms with Gasteiger partial charge in [-0.1, -0.05) is 37.3 Å². The molecule has 1 N–H and O–H groups in total. The van der Waals surface area contributed by atoms with Gasteiger partial charge >= 0.3 is 0 Å². The number of nitrogens with one attached hydrogen (secondary N) is 1. The van der Waals surface area contributed by atoms with Crippen LogP contribution < -0.4 is 5.32 Å². The van der Waals surface area contributed by atoms with Gasteiger partial charge in [0.1, 0.15) is 5.82 Å². The molecule has 1 fully saturated rings. The van der Waals surface area contributed by atoms with E-state index in [0.29, 0.717) is 5.92 Å². The van der Waals surface area contributed by atoms with Crippen LogP contribution in [0.1, 0.15) is 53.5 Å². The van der Waals surface area contributed by atoms with Crippen LogP contribution in [0.4, 0.5) is 4.39 Å². The first kappa shape index (κ1) is 14.9. The van der Waals surface area contributed by atoms with Crippen molar-refractivity contribution in [2.24, 2.45) is 0 Å². The van der Waals surface area contributed by atoms with Gasteiger partial charge in [-0.25, -0.2) is 4.39 Å². The Morgan fingerprint density at radius 1 is 1.09 bits per heavy atom. The van der Waals surface area contributed by atoms with Gasteiger partial charge in [-0.15, -0.1) is 0 Å². The normalized spacial score (nSPS) is 28.7. The van der Waals surface area contributed by atoms with Gasteiger partial charge in [-0.3, -0.25) is 0 Å². The molecule has 4 rings (SSSR count). The molecule has 3 heteroatoms. The zero-order valence-electron chi connectivity index (χ0n) is 13.6. The van der Waals surface area contributed by atoms with E-state index in [0.717, 1.165) is 18.5 Å². The van der Waals surface area contributed by atoms with E-state index in [2.05, 4.69) is 36.5 Å². The van der Waals surface area contributed by atoms with Crippen molar-refractivity contribution in [2.75, 3.05) is 13.6 Å². The highest BCUT2D eigenvalue weighted by atomic mass is 19.1. The summed E-state index contributed by atoms with van der Waals surface area (Å²) >= 11 is 0. The summed E-state index contributed by atoms with van der Waals surface area (Å²) in [4.78, 5) is 0. The van der Waals surface area contributed by atoms with E-state index in [1.165, 1.54) is 16.7 Å². The highest BCUT2D eigenvalue weighted by Crippen LogP contribution is 2.51. The molecule has 0 aromatic heterocycles. The van der Waals surface area contributed by atoms with E-state index >= 15 is 0 Å². The number of fused-ring (bicyclic) bond motifs is 5. The maximum Gasteiger partial charge on any atom is 0.123 e. The minimum Gasteiger partial charge on any atom is -0.368 e. The van der Waals surface area contributed by atoms with Gasteiger partial charge in [0.2, 0.25) is 0 Å². The molecule has 23 heavy (non-hydrogen) atoms. The van der Waals surface area contributed by atoms with E-state index in [-0.39, 0.29) is 23.9 Å². The Bertz CT molecular complexity index is 729. The fourth-order valence-electron chi connectivity index (χ4n) is 4.30. The second-order valence-electron chi connectivity index (χ2n) is 6.70. The lowest BCUT2D eigenvalue weighted by Crippen LogP contribution is -2.23. The molecule has 0 unspecified atom stereocenters. The number of halogens is 1. The molecular weight excluding hydrogens is 289 g/mol. The fourth-order valence-corrected chi connectivity index (χ4v) is 4.30. The number of ether oxygens (including phenoxy) is 1. The maximum absolute atomic E-state index is 13.9. The molecule has 1 aliphatic carbocycles. The van der Waals surface area contributed by atoms with E-state index in [4.69, 9.17) is 4.74 Å². The minimum absolute atomic E-state index is 0.0508. The lowest BCUT2D eigenvalue weighted by molar-refractivity contribution is 0.0417. The van der Waals surface area contributed by atoms with E-state index in [1.54, 1.807) is 12.1 Å². The third-order valence-electron chi connectivity index (χ3n) is 5.34. The van der Waals surface area contributed by atoms with Crippen LogP contribution in [0.2, 0.25) is 0 Å². The molecule has 1 saturated heterocycles. The second-order valence-corrected chi connectivity index (χ2v) is 6.70. The van der Waals surface area contributed by atoms with Crippen LogP contribution in [0.15, 0.2) is 42.5 Å². The molecule has 2 aromatic carbocycles. The average molecular weight is 311 g/mol. The SMILES string of the molecule is CNC[C@H]1C[C@@H]2c3ccccc3[C@@H](C)c3ccc(F)cc3[C@H]2O1. The van der Waals surface area contributed by atoms with Gasteiger partial charge in [0.25, 0.3) is 0 Å². The molecule has 2 aliphatic rings. The predicted molar refractivity (Wildman–Crippen MR) is 89.3 cm³/mol. The van der Waals surface area contributed by atoms with Crippen molar-refractivity contribution >= 4 is 0 Å². The Balaban J connectivity index is 1.89. The topological polar surface area (TPSA) is 21.3 Å². The third-order valence-corrected chi connectivity index (χ3v) is 5.34. The largest absolute Gasteiger partial charge is 0.368 e. The Hall–Kier alpha value is -1.71. The number of rotatable bonds is 2.